The fourth-order valence-electron chi connectivity index (χ4n) is 1.21. The summed E-state index contributed by atoms with van der Waals surface area (Å²) >= 11 is 0. The number of pyridine rings is 1. The van der Waals surface area contributed by atoms with Crippen molar-refractivity contribution in [2.75, 3.05) is 0 Å². The smallest absolute Gasteiger partial charge is 0.263 e. The molecule has 0 atom stereocenters. The predicted octanol–water partition coefficient (Wildman–Crippen LogP) is 0.992. The third-order valence-electron chi connectivity index (χ3n) is 2.01. The first kappa shape index (κ1) is 10.4. The van der Waals surface area contributed by atoms with E-state index in [0.717, 1.165) is 3.97 Å². The van der Waals surface area contributed by atoms with Gasteiger partial charge >= 0.3 is 0 Å². The van der Waals surface area contributed by atoms with Crippen LogP contribution < -0.4 is 0 Å². The molecule has 2 aromatic heterocycles. The number of hydrogen-bond acceptors (Lipinski definition) is 4. The zero-order valence-electron chi connectivity index (χ0n) is 8.11. The third kappa shape index (κ3) is 1.68. The molecule has 6 heteroatoms. The fourth-order valence-corrected chi connectivity index (χ4v) is 2.38. The maximum absolute atomic E-state index is 12.0. The zero-order chi connectivity index (χ0) is 11.6. The maximum Gasteiger partial charge on any atom is 0.269 e. The van der Waals surface area contributed by atoms with E-state index in [0.29, 0.717) is 5.56 Å². The van der Waals surface area contributed by atoms with E-state index < -0.39 is 10.0 Å². The Morgan fingerprint density at radius 2 is 2.19 bits per heavy atom. The van der Waals surface area contributed by atoms with Gasteiger partial charge in [0.15, 0.2) is 0 Å². The Morgan fingerprint density at radius 3 is 2.75 bits per heavy atom. The second-order valence-corrected chi connectivity index (χ2v) is 4.88. The van der Waals surface area contributed by atoms with Crippen molar-refractivity contribution in [2.24, 2.45) is 0 Å². The fraction of sp³-hybridized carbons (Fsp3) is 0. The third-order valence-corrected chi connectivity index (χ3v) is 3.63. The molecule has 0 unspecified atom stereocenters. The highest BCUT2D eigenvalue weighted by atomic mass is 32.2. The van der Waals surface area contributed by atoms with Gasteiger partial charge in [-0.1, -0.05) is 0 Å². The van der Waals surface area contributed by atoms with Crippen LogP contribution >= 0.6 is 0 Å². The topological polar surface area (TPSA) is 75.8 Å². The summed E-state index contributed by atoms with van der Waals surface area (Å²) in [5.41, 5.74) is 0.299. The van der Waals surface area contributed by atoms with Crippen LogP contribution in [0.15, 0.2) is 47.9 Å². The molecule has 0 bridgehead atoms. The van der Waals surface area contributed by atoms with Gasteiger partial charge in [-0.15, -0.1) is 0 Å². The van der Waals surface area contributed by atoms with Crippen molar-refractivity contribution in [1.82, 2.24) is 8.96 Å². The largest absolute Gasteiger partial charge is 0.269 e. The molecule has 16 heavy (non-hydrogen) atoms. The molecule has 0 spiro atoms. The normalized spacial score (nSPS) is 10.9. The SMILES string of the molecule is N#Cc1ccn(S(=O)(=O)c2cccnc2)c1. The second-order valence-electron chi connectivity index (χ2n) is 3.04. The van der Waals surface area contributed by atoms with Crippen molar-refractivity contribution in [1.29, 1.82) is 5.26 Å². The zero-order valence-corrected chi connectivity index (χ0v) is 8.92. The van der Waals surface area contributed by atoms with Crippen molar-refractivity contribution in [3.63, 3.8) is 0 Å². The highest BCUT2D eigenvalue weighted by molar-refractivity contribution is 7.90. The number of nitriles is 1. The monoisotopic (exact) mass is 233 g/mol. The Kier molecular flexibility index (Phi) is 2.46. The molecule has 0 saturated carbocycles. The van der Waals surface area contributed by atoms with E-state index in [4.69, 9.17) is 5.26 Å². The van der Waals surface area contributed by atoms with Crippen LogP contribution in [-0.4, -0.2) is 17.4 Å². The minimum Gasteiger partial charge on any atom is -0.263 e. The molecule has 0 fully saturated rings. The van der Waals surface area contributed by atoms with Crippen LogP contribution in [-0.2, 0) is 10.0 Å². The molecule has 0 aliphatic heterocycles. The Morgan fingerprint density at radius 1 is 1.38 bits per heavy atom. The van der Waals surface area contributed by atoms with Gasteiger partial charge in [-0.3, -0.25) is 4.98 Å². The quantitative estimate of drug-likeness (QED) is 0.775. The number of rotatable bonds is 2. The summed E-state index contributed by atoms with van der Waals surface area (Å²) in [4.78, 5) is 3.84. The summed E-state index contributed by atoms with van der Waals surface area (Å²) in [6.45, 7) is 0. The van der Waals surface area contributed by atoms with Gasteiger partial charge in [0.25, 0.3) is 10.0 Å². The van der Waals surface area contributed by atoms with Crippen LogP contribution in [0.3, 0.4) is 0 Å². The molecule has 0 radical (unpaired) electrons. The van der Waals surface area contributed by atoms with Crippen molar-refractivity contribution < 1.29 is 8.42 Å². The van der Waals surface area contributed by atoms with E-state index in [-0.39, 0.29) is 4.90 Å². The van der Waals surface area contributed by atoms with Crippen molar-refractivity contribution >= 4 is 10.0 Å². The molecule has 0 amide bonds. The van der Waals surface area contributed by atoms with Gasteiger partial charge < -0.3 is 0 Å². The second kappa shape index (κ2) is 3.79. The molecule has 0 saturated heterocycles. The van der Waals surface area contributed by atoms with Crippen LogP contribution in [0.1, 0.15) is 5.56 Å². The van der Waals surface area contributed by atoms with Gasteiger partial charge in [-0.2, -0.15) is 5.26 Å². The lowest BCUT2D eigenvalue weighted by atomic mass is 10.4. The Bertz CT molecular complexity index is 638. The molecule has 5 nitrogen and oxygen atoms in total. The minimum atomic E-state index is -3.63. The van der Waals surface area contributed by atoms with Crippen LogP contribution in [0.2, 0.25) is 0 Å². The van der Waals surface area contributed by atoms with E-state index in [1.54, 1.807) is 6.07 Å². The van der Waals surface area contributed by atoms with Crippen LogP contribution in [0, 0.1) is 11.3 Å². The van der Waals surface area contributed by atoms with Crippen molar-refractivity contribution in [3.8, 4) is 6.07 Å². The maximum atomic E-state index is 12.0. The first-order valence-corrected chi connectivity index (χ1v) is 5.82. The highest BCUT2D eigenvalue weighted by Gasteiger charge is 2.16. The molecular formula is C10H7N3O2S. The molecule has 2 aromatic rings. The Labute approximate surface area is 92.6 Å². The molecule has 0 N–H and O–H groups in total. The van der Waals surface area contributed by atoms with Crippen LogP contribution in [0.25, 0.3) is 0 Å². The lowest BCUT2D eigenvalue weighted by Gasteiger charge is -2.03. The predicted molar refractivity (Wildman–Crippen MR) is 56.0 cm³/mol. The number of hydrogen-bond donors (Lipinski definition) is 0. The summed E-state index contributed by atoms with van der Waals surface area (Å²) in [6.07, 6.45) is 5.36. The summed E-state index contributed by atoms with van der Waals surface area (Å²) in [5.74, 6) is 0. The van der Waals surface area contributed by atoms with E-state index in [1.165, 1.54) is 36.9 Å². The van der Waals surface area contributed by atoms with Gasteiger partial charge in [-0.05, 0) is 18.2 Å². The van der Waals surface area contributed by atoms with Gasteiger partial charge in [0.05, 0.1) is 5.56 Å². The van der Waals surface area contributed by atoms with Crippen molar-refractivity contribution in [3.05, 3.63) is 48.5 Å². The highest BCUT2D eigenvalue weighted by Crippen LogP contribution is 2.13. The standard InChI is InChI=1S/C10H7N3O2S/c11-6-9-3-5-13(8-9)16(14,15)10-2-1-4-12-7-10/h1-5,7-8H. The molecule has 0 aromatic carbocycles. The van der Waals surface area contributed by atoms with E-state index >= 15 is 0 Å². The van der Waals surface area contributed by atoms with Gasteiger partial charge in [0.1, 0.15) is 11.0 Å². The summed E-state index contributed by atoms with van der Waals surface area (Å²) < 4.78 is 25.0. The van der Waals surface area contributed by atoms with E-state index in [2.05, 4.69) is 4.98 Å². The summed E-state index contributed by atoms with van der Waals surface area (Å²) in [5, 5.41) is 8.62. The molecule has 0 aliphatic rings. The average Bonchev–Trinajstić information content (AvgIpc) is 2.79. The minimum absolute atomic E-state index is 0.0927. The molecular weight excluding hydrogens is 226 g/mol. The Balaban J connectivity index is 2.53. The molecule has 2 rings (SSSR count). The molecule has 2 heterocycles. The van der Waals surface area contributed by atoms with Crippen molar-refractivity contribution in [2.45, 2.75) is 4.90 Å². The van der Waals surface area contributed by atoms with Gasteiger partial charge in [0.2, 0.25) is 0 Å². The lowest BCUT2D eigenvalue weighted by molar-refractivity contribution is 0.587. The number of aromatic nitrogens is 2. The van der Waals surface area contributed by atoms with Crippen LogP contribution in [0.4, 0.5) is 0 Å². The molecule has 80 valence electrons. The van der Waals surface area contributed by atoms with E-state index in [1.807, 2.05) is 6.07 Å². The first-order chi connectivity index (χ1) is 7.64. The lowest BCUT2D eigenvalue weighted by Crippen LogP contribution is -2.10. The number of nitrogens with zero attached hydrogens (tertiary/aromatic N) is 3. The molecule has 0 aliphatic carbocycles. The van der Waals surface area contributed by atoms with Crippen LogP contribution in [0.5, 0.6) is 0 Å². The van der Waals surface area contributed by atoms with Gasteiger partial charge in [0, 0.05) is 24.8 Å². The summed E-state index contributed by atoms with van der Waals surface area (Å²) in [6, 6.07) is 6.30. The average molecular weight is 233 g/mol. The van der Waals surface area contributed by atoms with E-state index in [9.17, 15) is 8.42 Å². The van der Waals surface area contributed by atoms with Gasteiger partial charge in [-0.25, -0.2) is 12.4 Å². The summed E-state index contributed by atoms with van der Waals surface area (Å²) in [7, 11) is -3.63. The first-order valence-electron chi connectivity index (χ1n) is 4.38. The Hall–Kier alpha value is -2.13.